The van der Waals surface area contributed by atoms with Gasteiger partial charge in [-0.25, -0.2) is 4.39 Å². The van der Waals surface area contributed by atoms with E-state index in [-0.39, 0.29) is 5.69 Å². The lowest BCUT2D eigenvalue weighted by Gasteiger charge is -2.16. The number of halogens is 1. The summed E-state index contributed by atoms with van der Waals surface area (Å²) in [6, 6.07) is 8.62. The van der Waals surface area contributed by atoms with Crippen LogP contribution in [0.3, 0.4) is 0 Å². The fourth-order valence-corrected chi connectivity index (χ4v) is 2.35. The molecule has 0 atom stereocenters. The van der Waals surface area contributed by atoms with Crippen LogP contribution in [0.25, 0.3) is 11.1 Å². The van der Waals surface area contributed by atoms with Crippen molar-refractivity contribution in [3.8, 4) is 11.1 Å². The molecule has 7 heteroatoms. The van der Waals surface area contributed by atoms with Crippen molar-refractivity contribution in [2.24, 2.45) is 7.05 Å². The van der Waals surface area contributed by atoms with Crippen molar-refractivity contribution in [2.45, 2.75) is 0 Å². The Bertz CT molecular complexity index is 890. The summed E-state index contributed by atoms with van der Waals surface area (Å²) >= 11 is 0. The molecule has 0 aliphatic carbocycles. The smallest absolute Gasteiger partial charge is 0.324 e. The Labute approximate surface area is 138 Å². The van der Waals surface area contributed by atoms with E-state index in [1.54, 1.807) is 30.2 Å². The van der Waals surface area contributed by atoms with Gasteiger partial charge in [0.05, 0.1) is 6.20 Å². The van der Waals surface area contributed by atoms with Gasteiger partial charge in [-0.05, 0) is 29.8 Å². The molecular weight excluding hydrogens is 311 g/mol. The minimum Gasteiger partial charge on any atom is -0.618 e. The number of hydrogen-bond acceptors (Lipinski definition) is 3. The van der Waals surface area contributed by atoms with Gasteiger partial charge in [-0.15, -0.1) is 0 Å². The van der Waals surface area contributed by atoms with Gasteiger partial charge in [0.15, 0.2) is 6.20 Å². The van der Waals surface area contributed by atoms with Crippen LogP contribution in [0.15, 0.2) is 55.0 Å². The van der Waals surface area contributed by atoms with Crippen molar-refractivity contribution in [3.63, 3.8) is 0 Å². The first-order valence-electron chi connectivity index (χ1n) is 7.21. The van der Waals surface area contributed by atoms with Gasteiger partial charge in [0.1, 0.15) is 5.82 Å². The van der Waals surface area contributed by atoms with Gasteiger partial charge in [0.25, 0.3) is 5.69 Å². The molecular formula is C17H15FN4O2. The van der Waals surface area contributed by atoms with E-state index in [1.807, 2.05) is 0 Å². The molecule has 0 aliphatic heterocycles. The molecule has 0 N–H and O–H groups in total. The third-order valence-corrected chi connectivity index (χ3v) is 3.70. The molecule has 0 saturated heterocycles. The molecule has 0 radical (unpaired) electrons. The van der Waals surface area contributed by atoms with Crippen LogP contribution in [0.5, 0.6) is 0 Å². The Morgan fingerprint density at radius 1 is 1.25 bits per heavy atom. The molecule has 1 amide bonds. The van der Waals surface area contributed by atoms with Crippen molar-refractivity contribution < 1.29 is 13.9 Å². The number of hydrogen-bond donors (Lipinski definition) is 0. The number of carbonyl (C=O) groups excluding carboxylic acids is 1. The number of amides is 1. The summed E-state index contributed by atoms with van der Waals surface area (Å²) < 4.78 is 15.2. The van der Waals surface area contributed by atoms with Crippen LogP contribution < -0.4 is 9.63 Å². The lowest BCUT2D eigenvalue weighted by atomic mass is 10.1. The molecule has 1 aromatic carbocycles. The van der Waals surface area contributed by atoms with Crippen molar-refractivity contribution in [3.05, 3.63) is 71.7 Å². The predicted octanol–water partition coefficient (Wildman–Crippen LogP) is 2.14. The van der Waals surface area contributed by atoms with Crippen LogP contribution in [0.1, 0.15) is 10.5 Å². The molecule has 24 heavy (non-hydrogen) atoms. The van der Waals surface area contributed by atoms with E-state index in [0.717, 1.165) is 5.56 Å². The van der Waals surface area contributed by atoms with E-state index >= 15 is 0 Å². The Balaban J connectivity index is 1.95. The quantitative estimate of drug-likeness (QED) is 0.547. The standard InChI is InChI=1S/C17H15FN4O2/c1-20-11-13(10-19-20)12-7-8-22(24)16(9-12)17(23)21(2)15-5-3-14(18)4-6-15/h3-11H,1-2H3. The monoisotopic (exact) mass is 326 g/mol. The molecule has 2 aromatic heterocycles. The summed E-state index contributed by atoms with van der Waals surface area (Å²) in [5.41, 5.74) is 1.99. The molecule has 122 valence electrons. The fraction of sp³-hybridized carbons (Fsp3) is 0.118. The molecule has 0 bridgehead atoms. The highest BCUT2D eigenvalue weighted by molar-refractivity contribution is 6.04. The van der Waals surface area contributed by atoms with E-state index in [0.29, 0.717) is 16.0 Å². The second kappa shape index (κ2) is 6.11. The number of benzene rings is 1. The lowest BCUT2D eigenvalue weighted by molar-refractivity contribution is -0.607. The largest absolute Gasteiger partial charge is 0.618 e. The molecule has 2 heterocycles. The Morgan fingerprint density at radius 3 is 2.58 bits per heavy atom. The molecule has 0 spiro atoms. The van der Waals surface area contributed by atoms with Gasteiger partial charge in [0.2, 0.25) is 0 Å². The zero-order valence-electron chi connectivity index (χ0n) is 13.2. The average molecular weight is 326 g/mol. The third kappa shape index (κ3) is 2.96. The van der Waals surface area contributed by atoms with Crippen molar-refractivity contribution >= 4 is 11.6 Å². The van der Waals surface area contributed by atoms with Crippen LogP contribution in [-0.4, -0.2) is 22.7 Å². The number of pyridine rings is 1. The van der Waals surface area contributed by atoms with Crippen LogP contribution >= 0.6 is 0 Å². The minimum atomic E-state index is -0.484. The second-order valence-corrected chi connectivity index (χ2v) is 5.37. The van der Waals surface area contributed by atoms with Gasteiger partial charge in [0, 0.05) is 43.7 Å². The maximum absolute atomic E-state index is 13.0. The molecule has 0 saturated carbocycles. The number of carbonyl (C=O) groups is 1. The van der Waals surface area contributed by atoms with Gasteiger partial charge < -0.3 is 10.1 Å². The molecule has 3 rings (SSSR count). The molecule has 0 fully saturated rings. The summed E-state index contributed by atoms with van der Waals surface area (Å²) in [5, 5.41) is 16.1. The highest BCUT2D eigenvalue weighted by Gasteiger charge is 2.22. The number of rotatable bonds is 3. The van der Waals surface area contributed by atoms with Gasteiger partial charge >= 0.3 is 5.91 Å². The third-order valence-electron chi connectivity index (χ3n) is 3.70. The van der Waals surface area contributed by atoms with Gasteiger partial charge in [-0.2, -0.15) is 9.83 Å². The van der Waals surface area contributed by atoms with E-state index in [2.05, 4.69) is 5.10 Å². The maximum Gasteiger partial charge on any atom is 0.324 e. The van der Waals surface area contributed by atoms with Gasteiger partial charge in [-0.1, -0.05) is 0 Å². The van der Waals surface area contributed by atoms with Crippen molar-refractivity contribution in [1.29, 1.82) is 0 Å². The van der Waals surface area contributed by atoms with Crippen molar-refractivity contribution in [1.82, 2.24) is 9.78 Å². The molecule has 6 nitrogen and oxygen atoms in total. The summed E-state index contributed by atoms with van der Waals surface area (Å²) in [5.74, 6) is -0.876. The first-order valence-corrected chi connectivity index (χ1v) is 7.21. The summed E-state index contributed by atoms with van der Waals surface area (Å²) in [6.45, 7) is 0. The Hall–Kier alpha value is -3.22. The number of anilines is 1. The zero-order chi connectivity index (χ0) is 17.3. The lowest BCUT2D eigenvalue weighted by Crippen LogP contribution is -2.40. The molecule has 3 aromatic rings. The molecule has 0 unspecified atom stereocenters. The fourth-order valence-electron chi connectivity index (χ4n) is 2.35. The maximum atomic E-state index is 13.0. The number of nitrogens with zero attached hydrogens (tertiary/aromatic N) is 4. The predicted molar refractivity (Wildman–Crippen MR) is 86.7 cm³/mol. The van der Waals surface area contributed by atoms with E-state index in [9.17, 15) is 14.4 Å². The normalized spacial score (nSPS) is 10.6. The van der Waals surface area contributed by atoms with Gasteiger partial charge in [-0.3, -0.25) is 9.48 Å². The van der Waals surface area contributed by atoms with Crippen LogP contribution in [0.2, 0.25) is 0 Å². The topological polar surface area (TPSA) is 65.1 Å². The number of aryl methyl sites for hydroxylation is 1. The van der Waals surface area contributed by atoms with E-state index < -0.39 is 11.7 Å². The van der Waals surface area contributed by atoms with Crippen LogP contribution in [0, 0.1) is 11.0 Å². The van der Waals surface area contributed by atoms with Crippen LogP contribution in [-0.2, 0) is 7.05 Å². The summed E-state index contributed by atoms with van der Waals surface area (Å²) in [4.78, 5) is 13.9. The Morgan fingerprint density at radius 2 is 1.96 bits per heavy atom. The van der Waals surface area contributed by atoms with Crippen LogP contribution in [0.4, 0.5) is 10.1 Å². The van der Waals surface area contributed by atoms with E-state index in [1.165, 1.54) is 48.5 Å². The first kappa shape index (κ1) is 15.7. The summed E-state index contributed by atoms with van der Waals surface area (Å²) in [7, 11) is 3.32. The number of aromatic nitrogens is 3. The minimum absolute atomic E-state index is 0.0248. The highest BCUT2D eigenvalue weighted by atomic mass is 19.1. The average Bonchev–Trinajstić information content (AvgIpc) is 3.01. The second-order valence-electron chi connectivity index (χ2n) is 5.37. The Kier molecular flexibility index (Phi) is 3.99. The highest BCUT2D eigenvalue weighted by Crippen LogP contribution is 2.20. The molecule has 0 aliphatic rings. The SMILES string of the molecule is CN(C(=O)c1cc(-c2cnn(C)c2)cc[n+]1[O-])c1ccc(F)cc1. The van der Waals surface area contributed by atoms with E-state index in [4.69, 9.17) is 0 Å². The summed E-state index contributed by atoms with van der Waals surface area (Å²) in [6.07, 6.45) is 4.74. The zero-order valence-corrected chi connectivity index (χ0v) is 13.2. The van der Waals surface area contributed by atoms with Crippen molar-refractivity contribution in [2.75, 3.05) is 11.9 Å². The first-order chi connectivity index (χ1) is 11.5.